The summed E-state index contributed by atoms with van der Waals surface area (Å²) in [4.78, 5) is 45.6. The van der Waals surface area contributed by atoms with Crippen molar-refractivity contribution in [2.24, 2.45) is 5.92 Å². The van der Waals surface area contributed by atoms with E-state index >= 15 is 0 Å². The van der Waals surface area contributed by atoms with E-state index in [1.165, 1.54) is 14.0 Å². The molecule has 14 atom stereocenters. The number of aliphatic hydroxyl groups is 9. The molecule has 0 radical (unpaired) electrons. The molecule has 2 amide bonds. The number of amides is 2. The van der Waals surface area contributed by atoms with Gasteiger partial charge in [0.15, 0.2) is 12.5 Å². The zero-order valence-corrected chi connectivity index (χ0v) is 29.2. The minimum absolute atomic E-state index is 0.0247. The first kappa shape index (κ1) is 44.0. The fourth-order valence-corrected chi connectivity index (χ4v) is 6.02. The highest BCUT2D eigenvalue weighted by Gasteiger charge is 2.49. The molecular weight excluding hydrogens is 704 g/mol. The van der Waals surface area contributed by atoms with Crippen LogP contribution in [0.3, 0.4) is 0 Å². The molecule has 0 aliphatic carbocycles. The van der Waals surface area contributed by atoms with E-state index in [4.69, 9.17) is 33.4 Å². The number of hydrogen-bond acceptors (Lipinski definition) is 20. The number of carbonyl (C=O) groups excluding carboxylic acids is 3. The van der Waals surface area contributed by atoms with E-state index in [2.05, 4.69) is 6.58 Å². The second-order valence-electron chi connectivity index (χ2n) is 12.7. The third-order valence-corrected chi connectivity index (χ3v) is 8.99. The molecule has 3 aliphatic heterocycles. The number of hydrogen-bond donors (Lipinski definition) is 9. The van der Waals surface area contributed by atoms with Crippen LogP contribution in [-0.4, -0.2) is 187 Å². The van der Waals surface area contributed by atoms with Gasteiger partial charge in [0, 0.05) is 32.2 Å². The van der Waals surface area contributed by atoms with Crippen LogP contribution in [0.5, 0.6) is 0 Å². The Labute approximate surface area is 299 Å². The summed E-state index contributed by atoms with van der Waals surface area (Å²) in [5.74, 6) is -2.82. The van der Waals surface area contributed by atoms with Gasteiger partial charge in [0.25, 0.3) is 11.8 Å². The zero-order valence-electron chi connectivity index (χ0n) is 29.2. The van der Waals surface area contributed by atoms with Crippen LogP contribution in [0.2, 0.25) is 0 Å². The molecule has 300 valence electrons. The first-order chi connectivity index (χ1) is 24.6. The molecule has 9 N–H and O–H groups in total. The highest BCUT2D eigenvalue weighted by Crippen LogP contribution is 2.31. The van der Waals surface area contributed by atoms with Gasteiger partial charge in [0.1, 0.15) is 61.4 Å². The molecule has 21 heteroatoms. The number of aliphatic hydroxyl groups excluding tert-OH is 9. The second kappa shape index (κ2) is 20.3. The normalized spacial score (nSPS) is 33.5. The number of imide groups is 1. The van der Waals surface area contributed by atoms with Gasteiger partial charge in [-0.25, -0.2) is 4.79 Å². The van der Waals surface area contributed by atoms with Crippen molar-refractivity contribution in [3.8, 4) is 0 Å². The maximum Gasteiger partial charge on any atom is 0.333 e. The molecule has 0 bridgehead atoms. The minimum Gasteiger partial charge on any atom is -0.409 e. The molecule has 0 saturated carbocycles. The van der Waals surface area contributed by atoms with Crippen LogP contribution in [0.25, 0.3) is 0 Å². The number of ether oxygens (including phenoxy) is 5. The lowest BCUT2D eigenvalue weighted by atomic mass is 9.87. The summed E-state index contributed by atoms with van der Waals surface area (Å²) < 4.78 is 27.9. The standard InChI is InChI=1S/C31H52N2O19/c1-5-16-17(10-34)49-31(27(45)23(16)41)50-28(15(3)37)24(42)18(11-35)46-13-47-29-19(12-36)48-30(26(44)25(29)43)32(4)51-14(2)6-9-22(40)52-33-20(38)7-8-21(33)39/h15-19,23-31,34-37,41-45H,2,5-13H2,1,3-4H3. The van der Waals surface area contributed by atoms with Crippen LogP contribution in [0, 0.1) is 5.92 Å². The Morgan fingerprint density at radius 2 is 1.60 bits per heavy atom. The van der Waals surface area contributed by atoms with E-state index < -0.39 is 130 Å². The summed E-state index contributed by atoms with van der Waals surface area (Å²) in [7, 11) is 1.31. The fraction of sp³-hybridized carbons (Fsp3) is 0.839. The van der Waals surface area contributed by atoms with Crippen molar-refractivity contribution in [1.29, 1.82) is 0 Å². The SMILES string of the molecule is C=C(CCC(=O)ON1C(=O)CCC1=O)ON(C)C1OC(CO)C(OCOC(CO)C(O)C(OC2OC(CO)C(CC)C(O)C2O)C(C)O)C(O)C1O. The van der Waals surface area contributed by atoms with Gasteiger partial charge in [-0.15, -0.1) is 10.1 Å². The van der Waals surface area contributed by atoms with Gasteiger partial charge in [-0.2, -0.15) is 0 Å². The van der Waals surface area contributed by atoms with Crippen LogP contribution in [-0.2, 0) is 47.7 Å². The number of rotatable bonds is 20. The van der Waals surface area contributed by atoms with Crippen molar-refractivity contribution < 1.29 is 93.7 Å². The smallest absolute Gasteiger partial charge is 0.333 e. The highest BCUT2D eigenvalue weighted by atomic mass is 16.7. The Morgan fingerprint density at radius 1 is 0.962 bits per heavy atom. The van der Waals surface area contributed by atoms with E-state index in [0.717, 1.165) is 5.06 Å². The summed E-state index contributed by atoms with van der Waals surface area (Å²) >= 11 is 0. The van der Waals surface area contributed by atoms with E-state index in [1.807, 2.05) is 0 Å². The van der Waals surface area contributed by atoms with Crippen molar-refractivity contribution in [3.05, 3.63) is 12.3 Å². The summed E-state index contributed by atoms with van der Waals surface area (Å²) in [6, 6.07) is 0. The topological polar surface area (TPSA) is 304 Å². The molecule has 21 nitrogen and oxygen atoms in total. The molecule has 3 heterocycles. The van der Waals surface area contributed by atoms with Gasteiger partial charge >= 0.3 is 5.97 Å². The highest BCUT2D eigenvalue weighted by molar-refractivity contribution is 6.01. The summed E-state index contributed by atoms with van der Waals surface area (Å²) in [5.41, 5.74) is 0. The van der Waals surface area contributed by atoms with Crippen LogP contribution >= 0.6 is 0 Å². The maximum atomic E-state index is 12.1. The van der Waals surface area contributed by atoms with Gasteiger partial charge in [-0.3, -0.25) is 9.59 Å². The van der Waals surface area contributed by atoms with Crippen LogP contribution in [0.15, 0.2) is 12.3 Å². The molecule has 0 aromatic carbocycles. The summed E-state index contributed by atoms with van der Waals surface area (Å²) in [6.45, 7) is 3.80. The predicted octanol–water partition coefficient (Wildman–Crippen LogP) is -4.50. The predicted molar refractivity (Wildman–Crippen MR) is 168 cm³/mol. The van der Waals surface area contributed by atoms with Crippen LogP contribution < -0.4 is 0 Å². The third-order valence-electron chi connectivity index (χ3n) is 8.99. The molecule has 3 aliphatic rings. The molecule has 3 saturated heterocycles. The lowest BCUT2D eigenvalue weighted by Crippen LogP contribution is -2.63. The van der Waals surface area contributed by atoms with E-state index in [9.17, 15) is 60.3 Å². The van der Waals surface area contributed by atoms with Crippen molar-refractivity contribution in [2.75, 3.05) is 33.7 Å². The molecule has 52 heavy (non-hydrogen) atoms. The quantitative estimate of drug-likeness (QED) is 0.0245. The molecule has 0 spiro atoms. The Kier molecular flexibility index (Phi) is 17.2. The van der Waals surface area contributed by atoms with E-state index in [1.54, 1.807) is 6.92 Å². The average molecular weight is 757 g/mol. The summed E-state index contributed by atoms with van der Waals surface area (Å²) in [5, 5.41) is 95.1. The van der Waals surface area contributed by atoms with Gasteiger partial charge in [-0.1, -0.05) is 13.5 Å². The fourth-order valence-electron chi connectivity index (χ4n) is 6.02. The van der Waals surface area contributed by atoms with Crippen LogP contribution in [0.4, 0.5) is 0 Å². The Balaban J connectivity index is 1.53. The van der Waals surface area contributed by atoms with Gasteiger partial charge in [0.05, 0.1) is 44.6 Å². The van der Waals surface area contributed by atoms with E-state index in [0.29, 0.717) is 11.5 Å². The van der Waals surface area contributed by atoms with Crippen molar-refractivity contribution in [1.82, 2.24) is 10.1 Å². The van der Waals surface area contributed by atoms with E-state index in [-0.39, 0.29) is 31.4 Å². The molecule has 3 rings (SSSR count). The van der Waals surface area contributed by atoms with Gasteiger partial charge in [-0.05, 0) is 13.3 Å². The molecule has 3 fully saturated rings. The lowest BCUT2D eigenvalue weighted by Gasteiger charge is -2.44. The zero-order chi connectivity index (χ0) is 38.9. The Morgan fingerprint density at radius 3 is 2.15 bits per heavy atom. The molecule has 0 aromatic heterocycles. The lowest BCUT2D eigenvalue weighted by molar-refractivity contribution is -0.333. The number of likely N-dealkylation sites (N-methyl/N-ethyl adjacent to an activating group) is 1. The number of allylic oxidation sites excluding steroid dienone is 1. The molecular formula is C31H52N2O19. The van der Waals surface area contributed by atoms with Crippen molar-refractivity contribution in [3.63, 3.8) is 0 Å². The molecule has 14 unspecified atom stereocenters. The van der Waals surface area contributed by atoms with Crippen molar-refractivity contribution in [2.45, 2.75) is 126 Å². The summed E-state index contributed by atoms with van der Waals surface area (Å²) in [6.07, 6.45) is -19.5. The number of hydroxylamine groups is 4. The van der Waals surface area contributed by atoms with Gasteiger partial charge in [0.2, 0.25) is 0 Å². The first-order valence-corrected chi connectivity index (χ1v) is 16.9. The van der Waals surface area contributed by atoms with Gasteiger partial charge < -0.3 is 79.3 Å². The van der Waals surface area contributed by atoms with Crippen molar-refractivity contribution >= 4 is 17.8 Å². The second-order valence-corrected chi connectivity index (χ2v) is 12.7. The monoisotopic (exact) mass is 756 g/mol. The largest absolute Gasteiger partial charge is 0.409 e. The number of carbonyl (C=O) groups is 3. The maximum absolute atomic E-state index is 12.1. The van der Waals surface area contributed by atoms with Crippen LogP contribution in [0.1, 0.15) is 46.0 Å². The minimum atomic E-state index is -1.79. The molecule has 0 aromatic rings. The Bertz CT molecular complexity index is 1160. The third kappa shape index (κ3) is 10.8. The first-order valence-electron chi connectivity index (χ1n) is 16.9. The number of nitrogens with zero attached hydrogens (tertiary/aromatic N) is 2. The average Bonchev–Trinajstić information content (AvgIpc) is 3.42. The Hall–Kier alpha value is -2.45.